The first-order chi connectivity index (χ1) is 6.14. The van der Waals surface area contributed by atoms with Gasteiger partial charge in [0.2, 0.25) is 0 Å². The first-order valence-electron chi connectivity index (χ1n) is 4.59. The van der Waals surface area contributed by atoms with Crippen molar-refractivity contribution in [2.45, 2.75) is 13.3 Å². The summed E-state index contributed by atoms with van der Waals surface area (Å²) in [5, 5.41) is 3.19. The maximum absolute atomic E-state index is 11.1. The smallest absolute Gasteiger partial charge is 0.276 e. The van der Waals surface area contributed by atoms with Gasteiger partial charge in [0.25, 0.3) is 10.2 Å². The van der Waals surface area contributed by atoms with E-state index in [1.807, 2.05) is 0 Å². The zero-order valence-electron chi connectivity index (χ0n) is 7.84. The van der Waals surface area contributed by atoms with Crippen molar-refractivity contribution in [3.63, 3.8) is 0 Å². The maximum atomic E-state index is 11.1. The van der Waals surface area contributed by atoms with E-state index in [2.05, 4.69) is 14.8 Å². The van der Waals surface area contributed by atoms with Crippen LogP contribution in [0.2, 0.25) is 0 Å². The Morgan fingerprint density at radius 3 is 2.77 bits per heavy atom. The molecule has 0 aromatic heterocycles. The lowest BCUT2D eigenvalue weighted by molar-refractivity contribution is 0.531. The van der Waals surface area contributed by atoms with Crippen LogP contribution in [-0.2, 0) is 10.2 Å². The lowest BCUT2D eigenvalue weighted by Crippen LogP contribution is -2.39. The van der Waals surface area contributed by atoms with Gasteiger partial charge in [-0.05, 0) is 25.4 Å². The Morgan fingerprint density at radius 1 is 1.46 bits per heavy atom. The molecule has 1 unspecified atom stereocenters. The predicted octanol–water partition coefficient (Wildman–Crippen LogP) is -0.960. The fraction of sp³-hybridized carbons (Fsp3) is 1.00. The Bertz CT molecular complexity index is 234. The third-order valence-corrected chi connectivity index (χ3v) is 3.27. The van der Waals surface area contributed by atoms with E-state index in [0.29, 0.717) is 19.0 Å². The largest absolute Gasteiger partial charge is 0.316 e. The van der Waals surface area contributed by atoms with E-state index in [1.165, 1.54) is 0 Å². The van der Waals surface area contributed by atoms with Crippen LogP contribution in [-0.4, -0.2) is 34.6 Å². The molecule has 3 N–H and O–H groups in total. The Labute approximate surface area is 79.5 Å². The molecule has 0 radical (unpaired) electrons. The van der Waals surface area contributed by atoms with E-state index in [0.717, 1.165) is 19.5 Å². The molecular weight excluding hydrogens is 190 g/mol. The van der Waals surface area contributed by atoms with E-state index in [-0.39, 0.29) is 0 Å². The third kappa shape index (κ3) is 4.04. The fourth-order valence-electron chi connectivity index (χ4n) is 1.36. The van der Waals surface area contributed by atoms with E-state index < -0.39 is 10.2 Å². The van der Waals surface area contributed by atoms with E-state index in [9.17, 15) is 8.42 Å². The molecular formula is C7H17N3O2S. The van der Waals surface area contributed by atoms with E-state index in [4.69, 9.17) is 0 Å². The second-order valence-corrected chi connectivity index (χ2v) is 4.79. The van der Waals surface area contributed by atoms with Crippen LogP contribution in [0.4, 0.5) is 0 Å². The molecule has 0 amide bonds. The first kappa shape index (κ1) is 10.9. The molecule has 1 saturated heterocycles. The van der Waals surface area contributed by atoms with Crippen molar-refractivity contribution >= 4 is 10.2 Å². The summed E-state index contributed by atoms with van der Waals surface area (Å²) >= 11 is 0. The van der Waals surface area contributed by atoms with Crippen LogP contribution in [0.1, 0.15) is 13.3 Å². The van der Waals surface area contributed by atoms with Crippen molar-refractivity contribution in [2.75, 3.05) is 26.2 Å². The topological polar surface area (TPSA) is 70.2 Å². The highest BCUT2D eigenvalue weighted by atomic mass is 32.2. The number of nitrogens with one attached hydrogen (secondary N) is 3. The highest BCUT2D eigenvalue weighted by Crippen LogP contribution is 2.05. The minimum absolute atomic E-state index is 0.429. The zero-order valence-corrected chi connectivity index (χ0v) is 8.65. The molecule has 0 saturated carbocycles. The predicted molar refractivity (Wildman–Crippen MR) is 51.6 cm³/mol. The monoisotopic (exact) mass is 207 g/mol. The summed E-state index contributed by atoms with van der Waals surface area (Å²) in [6.45, 7) is 4.62. The molecule has 0 bridgehead atoms. The highest BCUT2D eigenvalue weighted by Gasteiger charge is 2.16. The van der Waals surface area contributed by atoms with Gasteiger partial charge in [0.05, 0.1) is 0 Å². The second kappa shape index (κ2) is 4.90. The molecule has 1 rings (SSSR count). The maximum Gasteiger partial charge on any atom is 0.276 e. The quantitative estimate of drug-likeness (QED) is 0.544. The van der Waals surface area contributed by atoms with Crippen molar-refractivity contribution in [2.24, 2.45) is 5.92 Å². The van der Waals surface area contributed by atoms with Gasteiger partial charge in [-0.25, -0.2) is 9.44 Å². The lowest BCUT2D eigenvalue weighted by atomic mass is 10.1. The van der Waals surface area contributed by atoms with Gasteiger partial charge in [-0.2, -0.15) is 8.42 Å². The Kier molecular flexibility index (Phi) is 4.11. The Balaban J connectivity index is 2.24. The average molecular weight is 207 g/mol. The first-order valence-corrected chi connectivity index (χ1v) is 6.07. The van der Waals surface area contributed by atoms with Crippen LogP contribution in [0.5, 0.6) is 0 Å². The Morgan fingerprint density at radius 2 is 2.23 bits per heavy atom. The molecule has 1 aliphatic heterocycles. The minimum Gasteiger partial charge on any atom is -0.316 e. The lowest BCUT2D eigenvalue weighted by Gasteiger charge is -2.10. The van der Waals surface area contributed by atoms with Crippen LogP contribution in [0.25, 0.3) is 0 Å². The summed E-state index contributed by atoms with van der Waals surface area (Å²) in [6.07, 6.45) is 1.05. The fourth-order valence-corrected chi connectivity index (χ4v) is 2.29. The molecule has 0 spiro atoms. The van der Waals surface area contributed by atoms with Crippen LogP contribution >= 0.6 is 0 Å². The van der Waals surface area contributed by atoms with Crippen molar-refractivity contribution in [1.82, 2.24) is 14.8 Å². The zero-order chi connectivity index (χ0) is 9.73. The van der Waals surface area contributed by atoms with Crippen LogP contribution < -0.4 is 14.8 Å². The molecule has 0 aromatic rings. The summed E-state index contributed by atoms with van der Waals surface area (Å²) in [6, 6.07) is 0. The average Bonchev–Trinajstić information content (AvgIpc) is 2.52. The summed E-state index contributed by atoms with van der Waals surface area (Å²) < 4.78 is 27.2. The van der Waals surface area contributed by atoms with Crippen LogP contribution in [0, 0.1) is 5.92 Å². The molecule has 13 heavy (non-hydrogen) atoms. The van der Waals surface area contributed by atoms with Crippen molar-refractivity contribution in [3.05, 3.63) is 0 Å². The molecule has 1 aliphatic rings. The van der Waals surface area contributed by atoms with Gasteiger partial charge in [-0.1, -0.05) is 6.92 Å². The molecule has 1 atom stereocenters. The molecule has 78 valence electrons. The summed E-state index contributed by atoms with van der Waals surface area (Å²) in [5.41, 5.74) is 0. The van der Waals surface area contributed by atoms with Gasteiger partial charge in [0.15, 0.2) is 0 Å². The molecule has 1 fully saturated rings. The second-order valence-electron chi connectivity index (χ2n) is 3.21. The summed E-state index contributed by atoms with van der Waals surface area (Å²) in [4.78, 5) is 0. The van der Waals surface area contributed by atoms with Gasteiger partial charge in [0, 0.05) is 13.1 Å². The minimum atomic E-state index is -3.25. The molecule has 6 heteroatoms. The number of hydrogen-bond donors (Lipinski definition) is 3. The molecule has 5 nitrogen and oxygen atoms in total. The van der Waals surface area contributed by atoms with Crippen LogP contribution in [0.3, 0.4) is 0 Å². The van der Waals surface area contributed by atoms with Gasteiger partial charge in [0.1, 0.15) is 0 Å². The standard InChI is InChI=1S/C7H17N3O2S/c1-2-9-13(11,12)10-6-7-3-4-8-5-7/h7-10H,2-6H2,1H3. The van der Waals surface area contributed by atoms with Crippen LogP contribution in [0.15, 0.2) is 0 Å². The van der Waals surface area contributed by atoms with Crippen molar-refractivity contribution < 1.29 is 8.42 Å². The molecule has 1 heterocycles. The third-order valence-electron chi connectivity index (χ3n) is 2.06. The van der Waals surface area contributed by atoms with Gasteiger partial charge in [-0.15, -0.1) is 0 Å². The van der Waals surface area contributed by atoms with E-state index in [1.54, 1.807) is 6.92 Å². The Hall–Kier alpha value is -0.170. The van der Waals surface area contributed by atoms with Gasteiger partial charge < -0.3 is 5.32 Å². The highest BCUT2D eigenvalue weighted by molar-refractivity contribution is 7.87. The van der Waals surface area contributed by atoms with E-state index >= 15 is 0 Å². The molecule has 0 aliphatic carbocycles. The van der Waals surface area contributed by atoms with Crippen molar-refractivity contribution in [3.8, 4) is 0 Å². The SMILES string of the molecule is CCNS(=O)(=O)NCC1CCNC1. The van der Waals surface area contributed by atoms with Crippen molar-refractivity contribution in [1.29, 1.82) is 0 Å². The number of hydrogen-bond acceptors (Lipinski definition) is 3. The van der Waals surface area contributed by atoms with Gasteiger partial charge in [-0.3, -0.25) is 0 Å². The normalized spacial score (nSPS) is 23.6. The summed E-state index contributed by atoms with van der Waals surface area (Å²) in [7, 11) is -3.25. The number of rotatable bonds is 5. The molecule has 0 aromatic carbocycles. The van der Waals surface area contributed by atoms with Gasteiger partial charge >= 0.3 is 0 Å². The summed E-state index contributed by atoms with van der Waals surface area (Å²) in [5.74, 6) is 0.438.